The molecule has 1 aliphatic heterocycles. The number of hydrogen-bond acceptors (Lipinski definition) is 6. The van der Waals surface area contributed by atoms with Gasteiger partial charge in [-0.25, -0.2) is 18.9 Å². The van der Waals surface area contributed by atoms with Crippen LogP contribution in [0, 0.1) is 17.0 Å². The highest BCUT2D eigenvalue weighted by Crippen LogP contribution is 2.27. The van der Waals surface area contributed by atoms with E-state index in [1.807, 2.05) is 23.6 Å². The largest absolute Gasteiger partial charge is 0.390 e. The summed E-state index contributed by atoms with van der Waals surface area (Å²) in [5.41, 5.74) is 1.96. The predicted molar refractivity (Wildman–Crippen MR) is 150 cm³/mol. The minimum absolute atomic E-state index is 0.0705. The quantitative estimate of drug-likeness (QED) is 0.262. The molecule has 3 heterocycles. The van der Waals surface area contributed by atoms with E-state index in [1.54, 1.807) is 53.0 Å². The molecule has 4 aromatic rings. The maximum atomic E-state index is 13.7. The zero-order valence-corrected chi connectivity index (χ0v) is 22.7. The van der Waals surface area contributed by atoms with Gasteiger partial charge in [0.2, 0.25) is 5.90 Å². The number of aromatic nitrogens is 2. The summed E-state index contributed by atoms with van der Waals surface area (Å²) >= 11 is 1.38. The summed E-state index contributed by atoms with van der Waals surface area (Å²) in [7, 11) is 0. The van der Waals surface area contributed by atoms with Gasteiger partial charge in [-0.1, -0.05) is 18.2 Å². The molecule has 1 saturated heterocycles. The lowest BCUT2D eigenvalue weighted by Crippen LogP contribution is -2.47. The Labute approximate surface area is 234 Å². The summed E-state index contributed by atoms with van der Waals surface area (Å²) in [6.45, 7) is 3.47. The SMILES string of the molecule is CC(=[NH2+])OC(=N)c1cccc(-n2ccc(N(C(=O)c3cccs3)C3CCN(Cc4ccc(F)c(F)c4)CC3)n2)c1. The van der Waals surface area contributed by atoms with Gasteiger partial charge in [-0.3, -0.25) is 20.0 Å². The fraction of sp³-hybridized carbons (Fsp3) is 0.241. The second-order valence-electron chi connectivity index (χ2n) is 9.62. The number of nitrogens with one attached hydrogen (secondary N) is 1. The molecule has 1 amide bonds. The highest BCUT2D eigenvalue weighted by Gasteiger charge is 2.32. The Balaban J connectivity index is 1.35. The Bertz CT molecular complexity index is 1530. The van der Waals surface area contributed by atoms with Gasteiger partial charge in [0.1, 0.15) is 0 Å². The molecule has 0 radical (unpaired) electrons. The van der Waals surface area contributed by atoms with Crippen molar-refractivity contribution in [3.05, 3.63) is 99.9 Å². The molecule has 0 atom stereocenters. The number of halogens is 2. The standard InChI is InChI=1S/C29H28F2N6O2S/c1-19(32)39-28(33)21-4-2-5-23(17-21)36-14-11-27(34-36)37(29(38)26-6-3-15-40-26)22-9-12-35(13-10-22)18-20-7-8-24(30)25(31)16-20/h2-8,11,14-17,22,32-33H,9-10,12-13,18H2,1H3/p+1. The van der Waals surface area contributed by atoms with Crippen LogP contribution in [0.25, 0.3) is 5.69 Å². The normalized spacial score (nSPS) is 14.2. The number of piperidine rings is 1. The Morgan fingerprint density at radius 3 is 2.62 bits per heavy atom. The van der Waals surface area contributed by atoms with Crippen LogP contribution in [0.5, 0.6) is 0 Å². The monoisotopic (exact) mass is 563 g/mol. The van der Waals surface area contributed by atoms with Gasteiger partial charge >= 0.3 is 5.90 Å². The van der Waals surface area contributed by atoms with Crippen molar-refractivity contribution in [1.82, 2.24) is 14.7 Å². The van der Waals surface area contributed by atoms with Crippen molar-refractivity contribution in [2.45, 2.75) is 32.4 Å². The van der Waals surface area contributed by atoms with E-state index in [2.05, 4.69) is 4.90 Å². The van der Waals surface area contributed by atoms with Crippen molar-refractivity contribution >= 4 is 34.9 Å². The first-order chi connectivity index (χ1) is 19.3. The van der Waals surface area contributed by atoms with E-state index in [0.717, 1.165) is 6.07 Å². The number of carbonyl (C=O) groups is 1. The van der Waals surface area contributed by atoms with E-state index in [4.69, 9.17) is 20.7 Å². The molecule has 0 bridgehead atoms. The number of amides is 1. The van der Waals surface area contributed by atoms with Crippen LogP contribution in [-0.2, 0) is 11.3 Å². The molecule has 0 aliphatic carbocycles. The molecule has 0 saturated carbocycles. The van der Waals surface area contributed by atoms with Crippen molar-refractivity contribution in [2.75, 3.05) is 18.0 Å². The Kier molecular flexibility index (Phi) is 8.13. The zero-order chi connectivity index (χ0) is 28.2. The van der Waals surface area contributed by atoms with Gasteiger partial charge in [-0.2, -0.15) is 0 Å². The molecule has 206 valence electrons. The van der Waals surface area contributed by atoms with Crippen molar-refractivity contribution in [3.63, 3.8) is 0 Å². The smallest absolute Gasteiger partial charge is 0.336 e. The fourth-order valence-electron chi connectivity index (χ4n) is 4.80. The van der Waals surface area contributed by atoms with E-state index in [1.165, 1.54) is 17.4 Å². The molecular weight excluding hydrogens is 534 g/mol. The number of nitrogens with two attached hydrogens (primary N) is 1. The van der Waals surface area contributed by atoms with Crippen LogP contribution in [-0.4, -0.2) is 51.5 Å². The molecule has 3 N–H and O–H groups in total. The van der Waals surface area contributed by atoms with Crippen molar-refractivity contribution in [3.8, 4) is 5.69 Å². The Hall–Kier alpha value is -4.22. The molecule has 8 nitrogen and oxygen atoms in total. The molecule has 0 spiro atoms. The number of benzene rings is 2. The number of rotatable bonds is 7. The Morgan fingerprint density at radius 1 is 1.12 bits per heavy atom. The van der Waals surface area contributed by atoms with E-state index in [0.29, 0.717) is 60.0 Å². The summed E-state index contributed by atoms with van der Waals surface area (Å²) in [6, 6.07) is 16.5. The molecule has 5 rings (SSSR count). The summed E-state index contributed by atoms with van der Waals surface area (Å²) in [5, 5.41) is 20.3. The maximum Gasteiger partial charge on any atom is 0.336 e. The van der Waals surface area contributed by atoms with Gasteiger partial charge in [0.15, 0.2) is 17.5 Å². The van der Waals surface area contributed by atoms with Gasteiger partial charge in [0, 0.05) is 43.5 Å². The van der Waals surface area contributed by atoms with Crippen LogP contribution in [0.4, 0.5) is 14.6 Å². The number of ether oxygens (including phenoxy) is 1. The second-order valence-corrected chi connectivity index (χ2v) is 10.6. The van der Waals surface area contributed by atoms with Crippen molar-refractivity contribution < 1.29 is 23.7 Å². The fourth-order valence-corrected chi connectivity index (χ4v) is 5.46. The van der Waals surface area contributed by atoms with E-state index >= 15 is 0 Å². The van der Waals surface area contributed by atoms with Crippen molar-refractivity contribution in [1.29, 1.82) is 5.41 Å². The van der Waals surface area contributed by atoms with Gasteiger partial charge in [-0.15, -0.1) is 16.4 Å². The summed E-state index contributed by atoms with van der Waals surface area (Å²) in [5.74, 6) is -1.18. The lowest BCUT2D eigenvalue weighted by Gasteiger charge is -2.37. The second kappa shape index (κ2) is 11.9. The topological polar surface area (TPSA) is 100 Å². The van der Waals surface area contributed by atoms with E-state index in [-0.39, 0.29) is 23.7 Å². The number of nitrogens with zero attached hydrogens (tertiary/aromatic N) is 4. The number of anilines is 1. The Morgan fingerprint density at radius 2 is 1.93 bits per heavy atom. The van der Waals surface area contributed by atoms with E-state index < -0.39 is 11.6 Å². The van der Waals surface area contributed by atoms with Crippen LogP contribution < -0.4 is 10.3 Å². The number of carbonyl (C=O) groups excluding carboxylic acids is 1. The van der Waals surface area contributed by atoms with Crippen molar-refractivity contribution in [2.24, 2.45) is 0 Å². The third-order valence-corrected chi connectivity index (χ3v) is 7.58. The molecule has 2 aromatic carbocycles. The number of likely N-dealkylation sites (tertiary alicyclic amines) is 1. The average Bonchev–Trinajstić information content (AvgIpc) is 3.65. The molecular formula is C29H29F2N6O2S+. The predicted octanol–water partition coefficient (Wildman–Crippen LogP) is 4.04. The molecule has 1 aliphatic rings. The minimum atomic E-state index is -0.855. The third-order valence-electron chi connectivity index (χ3n) is 6.72. The van der Waals surface area contributed by atoms with Gasteiger partial charge in [-0.05, 0) is 60.2 Å². The van der Waals surface area contributed by atoms with Gasteiger partial charge in [0.25, 0.3) is 5.91 Å². The number of thiophene rings is 1. The van der Waals surface area contributed by atoms with Crippen LogP contribution in [0.3, 0.4) is 0 Å². The summed E-state index contributed by atoms with van der Waals surface area (Å²) < 4.78 is 33.9. The van der Waals surface area contributed by atoms with Crippen LogP contribution in [0.1, 0.15) is 40.6 Å². The highest BCUT2D eigenvalue weighted by molar-refractivity contribution is 7.12. The first-order valence-corrected chi connectivity index (χ1v) is 13.7. The molecule has 0 unspecified atom stereocenters. The van der Waals surface area contributed by atoms with Gasteiger partial charge < -0.3 is 4.74 Å². The lowest BCUT2D eigenvalue weighted by atomic mass is 10.0. The maximum absolute atomic E-state index is 13.7. The third kappa shape index (κ3) is 6.16. The minimum Gasteiger partial charge on any atom is -0.390 e. The lowest BCUT2D eigenvalue weighted by molar-refractivity contribution is -0.133. The zero-order valence-electron chi connectivity index (χ0n) is 21.9. The van der Waals surface area contributed by atoms with E-state index in [9.17, 15) is 13.6 Å². The highest BCUT2D eigenvalue weighted by atomic mass is 32.1. The van der Waals surface area contributed by atoms with Gasteiger partial charge in [0.05, 0.1) is 17.5 Å². The first-order valence-electron chi connectivity index (χ1n) is 12.8. The van der Waals surface area contributed by atoms with Crippen LogP contribution in [0.2, 0.25) is 0 Å². The molecule has 2 aromatic heterocycles. The van der Waals surface area contributed by atoms with Crippen LogP contribution in [0.15, 0.2) is 72.2 Å². The van der Waals surface area contributed by atoms with Crippen LogP contribution >= 0.6 is 11.3 Å². The average molecular weight is 564 g/mol. The first kappa shape index (κ1) is 27.4. The molecule has 40 heavy (non-hydrogen) atoms. The number of hydrogen-bond donors (Lipinski definition) is 2. The molecule has 1 fully saturated rings. The molecule has 11 heteroatoms. The summed E-state index contributed by atoms with van der Waals surface area (Å²) in [4.78, 5) is 18.2. The summed E-state index contributed by atoms with van der Waals surface area (Å²) in [6.07, 6.45) is 3.19.